The maximum absolute atomic E-state index is 12.0. The molecule has 1 amide bonds. The van der Waals surface area contributed by atoms with E-state index in [0.29, 0.717) is 12.1 Å². The number of benzene rings is 1. The van der Waals surface area contributed by atoms with Gasteiger partial charge in [-0.05, 0) is 41.5 Å². The van der Waals surface area contributed by atoms with Crippen LogP contribution in [-0.4, -0.2) is 23.5 Å². The van der Waals surface area contributed by atoms with Crippen molar-refractivity contribution in [1.29, 1.82) is 0 Å². The number of carbonyl (C=O) groups is 1. The number of halogens is 3. The maximum Gasteiger partial charge on any atom is 0.387 e. The zero-order valence-corrected chi connectivity index (χ0v) is 13.2. The minimum atomic E-state index is -2.85. The molecule has 112 valence electrons. The Kier molecular flexibility index (Phi) is 8.48. The smallest absolute Gasteiger partial charge is 0.387 e. The summed E-state index contributed by atoms with van der Waals surface area (Å²) >= 11 is 2.35. The first-order chi connectivity index (χ1) is 9.63. The van der Waals surface area contributed by atoms with Gasteiger partial charge in [-0.15, -0.1) is 0 Å². The van der Waals surface area contributed by atoms with Crippen molar-refractivity contribution in [3.63, 3.8) is 0 Å². The van der Waals surface area contributed by atoms with Crippen LogP contribution in [0.2, 0.25) is 0 Å². The molecule has 0 atom stereocenters. The molecule has 0 saturated heterocycles. The number of rotatable bonds is 9. The lowest BCUT2D eigenvalue weighted by atomic mass is 10.2. The molecular formula is C14H18F2INO2. The van der Waals surface area contributed by atoms with Crippen molar-refractivity contribution >= 4 is 28.5 Å². The van der Waals surface area contributed by atoms with Crippen LogP contribution in [0.4, 0.5) is 8.78 Å². The molecular weight excluding hydrogens is 379 g/mol. The number of carbonyl (C=O) groups excluding carboxylic acids is 1. The molecule has 0 bridgehead atoms. The molecule has 0 aliphatic carbocycles. The lowest BCUT2D eigenvalue weighted by molar-refractivity contribution is -0.0498. The molecule has 0 saturated carbocycles. The van der Waals surface area contributed by atoms with E-state index in [1.807, 2.05) is 0 Å². The Morgan fingerprint density at radius 2 is 1.80 bits per heavy atom. The molecule has 0 fully saturated rings. The van der Waals surface area contributed by atoms with E-state index in [2.05, 4.69) is 32.6 Å². The average molecular weight is 397 g/mol. The topological polar surface area (TPSA) is 38.3 Å². The molecule has 6 heteroatoms. The number of alkyl halides is 3. The summed E-state index contributed by atoms with van der Waals surface area (Å²) < 4.78 is 29.3. The first-order valence-electron chi connectivity index (χ1n) is 6.52. The first kappa shape index (κ1) is 17.1. The molecule has 1 aromatic carbocycles. The van der Waals surface area contributed by atoms with Crippen LogP contribution in [0.15, 0.2) is 24.3 Å². The molecule has 0 unspecified atom stereocenters. The zero-order chi connectivity index (χ0) is 14.8. The third-order valence-corrected chi connectivity index (χ3v) is 3.45. The van der Waals surface area contributed by atoms with Crippen LogP contribution < -0.4 is 10.1 Å². The molecule has 3 nitrogen and oxygen atoms in total. The van der Waals surface area contributed by atoms with Crippen LogP contribution in [0.25, 0.3) is 0 Å². The Balaban J connectivity index is 2.29. The first-order valence-corrected chi connectivity index (χ1v) is 8.05. The highest BCUT2D eigenvalue weighted by Gasteiger charge is 2.07. The fourth-order valence-corrected chi connectivity index (χ4v) is 2.20. The highest BCUT2D eigenvalue weighted by Crippen LogP contribution is 2.14. The molecule has 0 radical (unpaired) electrons. The van der Waals surface area contributed by atoms with Gasteiger partial charge in [0.2, 0.25) is 0 Å². The van der Waals surface area contributed by atoms with Crippen molar-refractivity contribution in [2.75, 3.05) is 11.0 Å². The number of ether oxygens (including phenoxy) is 1. The van der Waals surface area contributed by atoms with E-state index < -0.39 is 6.61 Å². The molecule has 0 aliphatic heterocycles. The van der Waals surface area contributed by atoms with E-state index in [9.17, 15) is 13.6 Å². The van der Waals surface area contributed by atoms with Gasteiger partial charge in [0, 0.05) is 12.1 Å². The molecule has 1 rings (SSSR count). The summed E-state index contributed by atoms with van der Waals surface area (Å²) in [7, 11) is 0. The molecule has 0 aliphatic rings. The van der Waals surface area contributed by atoms with Gasteiger partial charge in [0.25, 0.3) is 5.91 Å². The van der Waals surface area contributed by atoms with Crippen molar-refractivity contribution in [2.24, 2.45) is 0 Å². The van der Waals surface area contributed by atoms with Crippen LogP contribution in [-0.2, 0) is 0 Å². The van der Waals surface area contributed by atoms with Crippen molar-refractivity contribution in [3.05, 3.63) is 29.8 Å². The summed E-state index contributed by atoms with van der Waals surface area (Å²) in [5, 5.41) is 2.81. The highest BCUT2D eigenvalue weighted by molar-refractivity contribution is 14.1. The summed E-state index contributed by atoms with van der Waals surface area (Å²) in [5.74, 6) is -0.141. The monoisotopic (exact) mass is 397 g/mol. The second-order valence-corrected chi connectivity index (χ2v) is 5.34. The summed E-state index contributed by atoms with van der Waals surface area (Å²) in [6, 6.07) is 5.68. The minimum absolute atomic E-state index is 0.0512. The minimum Gasteiger partial charge on any atom is -0.435 e. The van der Waals surface area contributed by atoms with Crippen LogP contribution in [0.1, 0.15) is 36.0 Å². The van der Waals surface area contributed by atoms with Gasteiger partial charge in [0.05, 0.1) is 0 Å². The van der Waals surface area contributed by atoms with Crippen LogP contribution in [0.5, 0.6) is 5.75 Å². The van der Waals surface area contributed by atoms with Gasteiger partial charge in [0.15, 0.2) is 0 Å². The van der Waals surface area contributed by atoms with Crippen molar-refractivity contribution < 1.29 is 18.3 Å². The van der Waals surface area contributed by atoms with Gasteiger partial charge in [-0.25, -0.2) is 0 Å². The molecule has 20 heavy (non-hydrogen) atoms. The summed E-state index contributed by atoms with van der Waals surface area (Å²) in [4.78, 5) is 11.8. The van der Waals surface area contributed by atoms with Crippen molar-refractivity contribution in [3.8, 4) is 5.75 Å². The molecule has 0 aromatic heterocycles. The zero-order valence-electron chi connectivity index (χ0n) is 11.1. The number of nitrogens with one attached hydrogen (secondary N) is 1. The van der Waals surface area contributed by atoms with Gasteiger partial charge in [-0.3, -0.25) is 4.79 Å². The Bertz CT molecular complexity index is 399. The van der Waals surface area contributed by atoms with Gasteiger partial charge in [0.1, 0.15) is 5.75 Å². The van der Waals surface area contributed by atoms with Gasteiger partial charge in [-0.2, -0.15) is 8.78 Å². The van der Waals surface area contributed by atoms with E-state index in [1.165, 1.54) is 37.1 Å². The predicted octanol–water partition coefficient (Wildman–Crippen LogP) is 4.01. The fraction of sp³-hybridized carbons (Fsp3) is 0.500. The number of unbranched alkanes of at least 4 members (excludes halogenated alkanes) is 3. The number of amides is 1. The Morgan fingerprint density at radius 1 is 1.15 bits per heavy atom. The quantitative estimate of drug-likeness (QED) is 0.389. The standard InChI is InChI=1S/C14H18F2INO2/c15-14(16)20-12-7-5-11(6-8-12)13(19)18-10-4-2-1-3-9-17/h5-8,14H,1-4,9-10H2,(H,18,19). The van der Waals surface area contributed by atoms with Gasteiger partial charge >= 0.3 is 6.61 Å². The molecule has 0 heterocycles. The lowest BCUT2D eigenvalue weighted by Crippen LogP contribution is -2.24. The Hall–Kier alpha value is -0.920. The van der Waals surface area contributed by atoms with E-state index >= 15 is 0 Å². The van der Waals surface area contributed by atoms with Gasteiger partial charge in [-0.1, -0.05) is 35.4 Å². The van der Waals surface area contributed by atoms with Crippen molar-refractivity contribution in [1.82, 2.24) is 5.32 Å². The van der Waals surface area contributed by atoms with E-state index in [-0.39, 0.29) is 11.7 Å². The second kappa shape index (κ2) is 9.90. The fourth-order valence-electron chi connectivity index (χ4n) is 1.66. The molecule has 1 aromatic rings. The Labute approximate surface area is 131 Å². The predicted molar refractivity (Wildman–Crippen MR) is 82.8 cm³/mol. The van der Waals surface area contributed by atoms with Crippen LogP contribution >= 0.6 is 22.6 Å². The van der Waals surface area contributed by atoms with Crippen LogP contribution in [0, 0.1) is 0 Å². The van der Waals surface area contributed by atoms with E-state index in [0.717, 1.165) is 17.3 Å². The second-order valence-electron chi connectivity index (χ2n) is 4.26. The van der Waals surface area contributed by atoms with E-state index in [4.69, 9.17) is 0 Å². The lowest BCUT2D eigenvalue weighted by Gasteiger charge is -2.07. The summed E-state index contributed by atoms with van der Waals surface area (Å²) in [6.07, 6.45) is 4.44. The largest absolute Gasteiger partial charge is 0.435 e. The number of hydrogen-bond acceptors (Lipinski definition) is 2. The third-order valence-electron chi connectivity index (χ3n) is 2.69. The van der Waals surface area contributed by atoms with E-state index in [1.54, 1.807) is 0 Å². The average Bonchev–Trinajstić information content (AvgIpc) is 2.42. The third kappa shape index (κ3) is 7.02. The summed E-state index contributed by atoms with van der Waals surface area (Å²) in [5.41, 5.74) is 0.443. The summed E-state index contributed by atoms with van der Waals surface area (Å²) in [6.45, 7) is -2.22. The van der Waals surface area contributed by atoms with Gasteiger partial charge < -0.3 is 10.1 Å². The number of hydrogen-bond donors (Lipinski definition) is 1. The highest BCUT2D eigenvalue weighted by atomic mass is 127. The molecule has 0 spiro atoms. The Morgan fingerprint density at radius 3 is 2.40 bits per heavy atom. The van der Waals surface area contributed by atoms with Crippen LogP contribution in [0.3, 0.4) is 0 Å². The van der Waals surface area contributed by atoms with Crippen molar-refractivity contribution in [2.45, 2.75) is 32.3 Å². The normalized spacial score (nSPS) is 10.6. The molecule has 1 N–H and O–H groups in total. The SMILES string of the molecule is O=C(NCCCCCCI)c1ccc(OC(F)F)cc1. The maximum atomic E-state index is 12.0.